The molecule has 6 nitrogen and oxygen atoms in total. The summed E-state index contributed by atoms with van der Waals surface area (Å²) in [5.74, 6) is 0. The van der Waals surface area contributed by atoms with E-state index in [1.807, 2.05) is 43.3 Å². The minimum atomic E-state index is -3.57. The van der Waals surface area contributed by atoms with Gasteiger partial charge in [0.1, 0.15) is 12.7 Å². The van der Waals surface area contributed by atoms with Crippen molar-refractivity contribution in [2.24, 2.45) is 0 Å². The third kappa shape index (κ3) is 3.79. The fraction of sp³-hybridized carbons (Fsp3) is 0.300. The maximum absolute atomic E-state index is 12.8. The van der Waals surface area contributed by atoms with Gasteiger partial charge >= 0.3 is 0 Å². The van der Waals surface area contributed by atoms with Crippen molar-refractivity contribution in [3.63, 3.8) is 0 Å². The van der Waals surface area contributed by atoms with Gasteiger partial charge in [0.15, 0.2) is 0 Å². The Bertz CT molecular complexity index is 1030. The molecule has 0 saturated carbocycles. The van der Waals surface area contributed by atoms with Crippen LogP contribution in [0.15, 0.2) is 60.0 Å². The van der Waals surface area contributed by atoms with Gasteiger partial charge in [-0.25, -0.2) is 22.8 Å². The highest BCUT2D eigenvalue weighted by molar-refractivity contribution is 7.89. The summed E-state index contributed by atoms with van der Waals surface area (Å²) in [7, 11) is -3.57. The summed E-state index contributed by atoms with van der Waals surface area (Å²) in [5, 5.41) is 4.09. The molecule has 0 bridgehead atoms. The Labute approximate surface area is 159 Å². The number of benzene rings is 2. The number of hydrogen-bond acceptors (Lipinski definition) is 4. The molecule has 1 aliphatic rings. The molecular formula is C20H22N4O2S. The Kier molecular flexibility index (Phi) is 4.80. The van der Waals surface area contributed by atoms with Crippen molar-refractivity contribution in [3.8, 4) is 5.69 Å². The normalized spacial score (nSPS) is 15.3. The summed E-state index contributed by atoms with van der Waals surface area (Å²) in [6.45, 7) is 1.85. The SMILES string of the molecule is CC(NS(=O)(=O)c1ccc2c(c1)CCCC2)c1ccc(-n2cncn2)cc1. The Morgan fingerprint density at radius 1 is 1.04 bits per heavy atom. The van der Waals surface area contributed by atoms with E-state index >= 15 is 0 Å². The van der Waals surface area contributed by atoms with E-state index in [9.17, 15) is 8.42 Å². The van der Waals surface area contributed by atoms with Crippen molar-refractivity contribution in [1.29, 1.82) is 0 Å². The first-order valence-electron chi connectivity index (χ1n) is 9.12. The number of aryl methyl sites for hydroxylation is 2. The molecule has 0 radical (unpaired) electrons. The van der Waals surface area contributed by atoms with Gasteiger partial charge in [0.25, 0.3) is 0 Å². The number of hydrogen-bond donors (Lipinski definition) is 1. The fourth-order valence-corrected chi connectivity index (χ4v) is 4.79. The number of rotatable bonds is 5. The summed E-state index contributed by atoms with van der Waals surface area (Å²) < 4.78 is 30.1. The molecular weight excluding hydrogens is 360 g/mol. The smallest absolute Gasteiger partial charge is 0.223 e. The summed E-state index contributed by atoms with van der Waals surface area (Å²) in [5.41, 5.74) is 4.20. The molecule has 2 aromatic carbocycles. The highest BCUT2D eigenvalue weighted by Crippen LogP contribution is 2.25. The van der Waals surface area contributed by atoms with Gasteiger partial charge < -0.3 is 0 Å². The van der Waals surface area contributed by atoms with Gasteiger partial charge in [-0.3, -0.25) is 0 Å². The largest absolute Gasteiger partial charge is 0.241 e. The Morgan fingerprint density at radius 2 is 1.78 bits per heavy atom. The minimum absolute atomic E-state index is 0.337. The van der Waals surface area contributed by atoms with Crippen LogP contribution in [-0.4, -0.2) is 23.2 Å². The Hall–Kier alpha value is -2.51. The predicted octanol–water partition coefficient (Wildman–Crippen LogP) is 3.19. The number of sulfonamides is 1. The van der Waals surface area contributed by atoms with Crippen LogP contribution in [0, 0.1) is 0 Å². The van der Waals surface area contributed by atoms with E-state index in [2.05, 4.69) is 14.8 Å². The number of fused-ring (bicyclic) bond motifs is 1. The molecule has 1 aliphatic carbocycles. The molecule has 1 atom stereocenters. The van der Waals surface area contributed by atoms with Crippen LogP contribution in [0.5, 0.6) is 0 Å². The quantitative estimate of drug-likeness (QED) is 0.735. The topological polar surface area (TPSA) is 76.9 Å². The lowest BCUT2D eigenvalue weighted by atomic mass is 9.92. The summed E-state index contributed by atoms with van der Waals surface area (Å²) >= 11 is 0. The summed E-state index contributed by atoms with van der Waals surface area (Å²) in [6.07, 6.45) is 7.40. The van der Waals surface area contributed by atoms with E-state index in [0.29, 0.717) is 4.90 Å². The lowest BCUT2D eigenvalue weighted by Gasteiger charge is -2.18. The van der Waals surface area contributed by atoms with Crippen molar-refractivity contribution in [2.75, 3.05) is 0 Å². The highest BCUT2D eigenvalue weighted by atomic mass is 32.2. The molecule has 7 heteroatoms. The van der Waals surface area contributed by atoms with E-state index in [1.54, 1.807) is 17.1 Å². The van der Waals surface area contributed by atoms with Gasteiger partial charge in [-0.2, -0.15) is 5.10 Å². The number of nitrogens with one attached hydrogen (secondary N) is 1. The van der Waals surface area contributed by atoms with E-state index in [1.165, 1.54) is 18.3 Å². The molecule has 140 valence electrons. The molecule has 1 aromatic heterocycles. The molecule has 1 unspecified atom stereocenters. The van der Waals surface area contributed by atoms with Crippen LogP contribution in [0.4, 0.5) is 0 Å². The van der Waals surface area contributed by atoms with E-state index in [-0.39, 0.29) is 6.04 Å². The maximum atomic E-state index is 12.8. The van der Waals surface area contributed by atoms with Gasteiger partial charge in [-0.15, -0.1) is 0 Å². The zero-order valence-electron chi connectivity index (χ0n) is 15.2. The number of nitrogens with zero attached hydrogens (tertiary/aromatic N) is 3. The molecule has 4 rings (SSSR count). The van der Waals surface area contributed by atoms with Gasteiger partial charge in [-0.1, -0.05) is 18.2 Å². The second kappa shape index (κ2) is 7.25. The second-order valence-electron chi connectivity index (χ2n) is 6.91. The average Bonchev–Trinajstić information content (AvgIpc) is 3.22. The Balaban J connectivity index is 1.52. The third-order valence-corrected chi connectivity index (χ3v) is 6.58. The zero-order valence-corrected chi connectivity index (χ0v) is 16.0. The van der Waals surface area contributed by atoms with Crippen molar-refractivity contribution in [3.05, 3.63) is 71.8 Å². The third-order valence-electron chi connectivity index (χ3n) is 5.04. The lowest BCUT2D eigenvalue weighted by Crippen LogP contribution is -2.27. The fourth-order valence-electron chi connectivity index (χ4n) is 3.50. The van der Waals surface area contributed by atoms with Crippen molar-refractivity contribution in [2.45, 2.75) is 43.5 Å². The molecule has 3 aromatic rings. The van der Waals surface area contributed by atoms with Gasteiger partial charge in [-0.05, 0) is 73.6 Å². The molecule has 1 heterocycles. The molecule has 0 fully saturated rings. The van der Waals surface area contributed by atoms with Gasteiger partial charge in [0.05, 0.1) is 10.6 Å². The van der Waals surface area contributed by atoms with Crippen molar-refractivity contribution < 1.29 is 8.42 Å². The van der Waals surface area contributed by atoms with Crippen molar-refractivity contribution >= 4 is 10.0 Å². The van der Waals surface area contributed by atoms with E-state index in [0.717, 1.165) is 36.1 Å². The van der Waals surface area contributed by atoms with Gasteiger partial charge in [0.2, 0.25) is 10.0 Å². The highest BCUT2D eigenvalue weighted by Gasteiger charge is 2.20. The van der Waals surface area contributed by atoms with Crippen LogP contribution in [-0.2, 0) is 22.9 Å². The Morgan fingerprint density at radius 3 is 2.48 bits per heavy atom. The average molecular weight is 382 g/mol. The van der Waals surface area contributed by atoms with Gasteiger partial charge in [0, 0.05) is 6.04 Å². The first-order chi connectivity index (χ1) is 13.0. The number of aromatic nitrogens is 3. The van der Waals surface area contributed by atoms with Crippen LogP contribution in [0.3, 0.4) is 0 Å². The first-order valence-corrected chi connectivity index (χ1v) is 10.6. The van der Waals surface area contributed by atoms with Crippen LogP contribution in [0.2, 0.25) is 0 Å². The standard InChI is InChI=1S/C20H22N4O2S/c1-15(16-6-9-19(10-7-16)24-14-21-13-22-24)23-27(25,26)20-11-8-17-4-2-3-5-18(17)12-20/h6-15,23H,2-5H2,1H3. The first kappa shape index (κ1) is 17.9. The summed E-state index contributed by atoms with van der Waals surface area (Å²) in [4.78, 5) is 4.27. The lowest BCUT2D eigenvalue weighted by molar-refractivity contribution is 0.566. The van der Waals surface area contributed by atoms with E-state index in [4.69, 9.17) is 0 Å². The predicted molar refractivity (Wildman–Crippen MR) is 103 cm³/mol. The molecule has 0 amide bonds. The molecule has 1 N–H and O–H groups in total. The van der Waals surface area contributed by atoms with E-state index < -0.39 is 10.0 Å². The molecule has 27 heavy (non-hydrogen) atoms. The minimum Gasteiger partial charge on any atom is -0.223 e. The maximum Gasteiger partial charge on any atom is 0.241 e. The molecule has 0 spiro atoms. The monoisotopic (exact) mass is 382 g/mol. The van der Waals surface area contributed by atoms with Crippen molar-refractivity contribution in [1.82, 2.24) is 19.5 Å². The van der Waals surface area contributed by atoms with Crippen LogP contribution >= 0.6 is 0 Å². The molecule has 0 aliphatic heterocycles. The zero-order chi connectivity index (χ0) is 18.9. The summed E-state index contributed by atoms with van der Waals surface area (Å²) in [6, 6.07) is 12.8. The van der Waals surface area contributed by atoms with Crippen LogP contribution < -0.4 is 4.72 Å². The van der Waals surface area contributed by atoms with Crippen LogP contribution in [0.1, 0.15) is 42.5 Å². The van der Waals surface area contributed by atoms with Crippen LogP contribution in [0.25, 0.3) is 5.69 Å². The second-order valence-corrected chi connectivity index (χ2v) is 8.63. The molecule has 0 saturated heterocycles.